The first kappa shape index (κ1) is 15.8. The standard InChI is InChI=1S/C16H16BrFO3/c1-20-15-8-11(12(17)9-16(15)21-2)14(19)7-10-5-3-4-6-13(10)18/h3-6,8-9,14,19H,7H2,1-2H3. The predicted molar refractivity (Wildman–Crippen MR) is 82.3 cm³/mol. The van der Waals surface area contributed by atoms with Crippen LogP contribution >= 0.6 is 15.9 Å². The molecule has 5 heteroatoms. The van der Waals surface area contributed by atoms with Crippen molar-refractivity contribution in [2.45, 2.75) is 12.5 Å². The molecule has 21 heavy (non-hydrogen) atoms. The van der Waals surface area contributed by atoms with Crippen LogP contribution in [0.5, 0.6) is 11.5 Å². The van der Waals surface area contributed by atoms with Gasteiger partial charge in [0.15, 0.2) is 11.5 Å². The molecule has 0 heterocycles. The molecule has 1 N–H and O–H groups in total. The Bertz CT molecular complexity index is 631. The summed E-state index contributed by atoms with van der Waals surface area (Å²) in [6, 6.07) is 9.82. The topological polar surface area (TPSA) is 38.7 Å². The van der Waals surface area contributed by atoms with Gasteiger partial charge in [0.1, 0.15) is 5.82 Å². The van der Waals surface area contributed by atoms with Crippen molar-refractivity contribution < 1.29 is 19.0 Å². The summed E-state index contributed by atoms with van der Waals surface area (Å²) in [4.78, 5) is 0. The molecular formula is C16H16BrFO3. The zero-order valence-electron chi connectivity index (χ0n) is 11.8. The monoisotopic (exact) mass is 354 g/mol. The molecule has 0 aliphatic rings. The lowest BCUT2D eigenvalue weighted by Gasteiger charge is -2.16. The first-order chi connectivity index (χ1) is 10.1. The Kier molecular flexibility index (Phi) is 5.20. The van der Waals surface area contributed by atoms with Gasteiger partial charge in [-0.2, -0.15) is 0 Å². The second-order valence-corrected chi connectivity index (χ2v) is 5.39. The number of hydrogen-bond acceptors (Lipinski definition) is 3. The molecule has 0 saturated carbocycles. The van der Waals surface area contributed by atoms with Crippen LogP contribution in [0.15, 0.2) is 40.9 Å². The molecular weight excluding hydrogens is 339 g/mol. The molecule has 2 aromatic rings. The van der Waals surface area contributed by atoms with Crippen LogP contribution in [0.3, 0.4) is 0 Å². The van der Waals surface area contributed by atoms with Gasteiger partial charge in [-0.1, -0.05) is 34.1 Å². The molecule has 3 nitrogen and oxygen atoms in total. The van der Waals surface area contributed by atoms with Crippen molar-refractivity contribution in [3.8, 4) is 11.5 Å². The van der Waals surface area contributed by atoms with Crippen LogP contribution in [-0.4, -0.2) is 19.3 Å². The van der Waals surface area contributed by atoms with Gasteiger partial charge in [0, 0.05) is 10.9 Å². The van der Waals surface area contributed by atoms with E-state index in [1.54, 1.807) is 37.4 Å². The lowest BCUT2D eigenvalue weighted by molar-refractivity contribution is 0.175. The molecule has 1 atom stereocenters. The van der Waals surface area contributed by atoms with Gasteiger partial charge in [0.2, 0.25) is 0 Å². The Morgan fingerprint density at radius 3 is 2.38 bits per heavy atom. The van der Waals surface area contributed by atoms with Crippen molar-refractivity contribution in [1.29, 1.82) is 0 Å². The van der Waals surface area contributed by atoms with Crippen molar-refractivity contribution in [1.82, 2.24) is 0 Å². The van der Waals surface area contributed by atoms with Gasteiger partial charge in [0.05, 0.1) is 20.3 Å². The fourth-order valence-electron chi connectivity index (χ4n) is 2.11. The number of methoxy groups -OCH3 is 2. The molecule has 0 saturated heterocycles. The van der Waals surface area contributed by atoms with E-state index in [9.17, 15) is 9.50 Å². The molecule has 0 radical (unpaired) electrons. The van der Waals surface area contributed by atoms with Gasteiger partial charge in [0.25, 0.3) is 0 Å². The van der Waals surface area contributed by atoms with Crippen molar-refractivity contribution >= 4 is 15.9 Å². The van der Waals surface area contributed by atoms with E-state index >= 15 is 0 Å². The van der Waals surface area contributed by atoms with E-state index in [1.807, 2.05) is 0 Å². The molecule has 0 bridgehead atoms. The largest absolute Gasteiger partial charge is 0.493 e. The highest BCUT2D eigenvalue weighted by molar-refractivity contribution is 9.10. The van der Waals surface area contributed by atoms with Gasteiger partial charge < -0.3 is 14.6 Å². The van der Waals surface area contributed by atoms with Crippen LogP contribution in [0.2, 0.25) is 0 Å². The van der Waals surface area contributed by atoms with E-state index in [0.29, 0.717) is 27.1 Å². The van der Waals surface area contributed by atoms with Crippen LogP contribution in [0.4, 0.5) is 4.39 Å². The van der Waals surface area contributed by atoms with E-state index in [4.69, 9.17) is 9.47 Å². The average molecular weight is 355 g/mol. The van der Waals surface area contributed by atoms with Crippen molar-refractivity contribution in [3.63, 3.8) is 0 Å². The lowest BCUT2D eigenvalue weighted by Crippen LogP contribution is -2.05. The summed E-state index contributed by atoms with van der Waals surface area (Å²) in [5.74, 6) is 0.752. The number of halogens is 2. The minimum absolute atomic E-state index is 0.181. The molecule has 0 aromatic heterocycles. The molecule has 0 aliphatic carbocycles. The maximum atomic E-state index is 13.7. The summed E-state index contributed by atoms with van der Waals surface area (Å²) in [5.41, 5.74) is 1.09. The Hall–Kier alpha value is -1.59. The molecule has 2 aromatic carbocycles. The third-order valence-corrected chi connectivity index (χ3v) is 3.92. The fourth-order valence-corrected chi connectivity index (χ4v) is 2.69. The third kappa shape index (κ3) is 3.54. The summed E-state index contributed by atoms with van der Waals surface area (Å²) in [5, 5.41) is 10.4. The van der Waals surface area contributed by atoms with E-state index < -0.39 is 6.10 Å². The average Bonchev–Trinajstić information content (AvgIpc) is 2.49. The zero-order chi connectivity index (χ0) is 15.4. The number of aliphatic hydroxyl groups excluding tert-OH is 1. The summed E-state index contributed by atoms with van der Waals surface area (Å²) >= 11 is 3.39. The van der Waals surface area contributed by atoms with Crippen LogP contribution < -0.4 is 9.47 Å². The molecule has 0 spiro atoms. The summed E-state index contributed by atoms with van der Waals surface area (Å²) in [7, 11) is 3.07. The quantitative estimate of drug-likeness (QED) is 0.885. The van der Waals surface area contributed by atoms with Crippen LogP contribution in [0, 0.1) is 5.82 Å². The summed E-state index contributed by atoms with van der Waals surface area (Å²) in [6.45, 7) is 0. The SMILES string of the molecule is COc1cc(Br)c(C(O)Cc2ccccc2F)cc1OC. The van der Waals surface area contributed by atoms with Crippen molar-refractivity contribution in [2.24, 2.45) is 0 Å². The Balaban J connectivity index is 2.31. The van der Waals surface area contributed by atoms with Crippen LogP contribution in [-0.2, 0) is 6.42 Å². The van der Waals surface area contributed by atoms with Crippen molar-refractivity contribution in [3.05, 3.63) is 57.8 Å². The Labute approximate surface area is 131 Å². The number of aliphatic hydroxyl groups is 1. The van der Waals surface area contributed by atoms with Gasteiger partial charge in [-0.3, -0.25) is 0 Å². The molecule has 1 unspecified atom stereocenters. The molecule has 0 amide bonds. The number of hydrogen-bond donors (Lipinski definition) is 1. The predicted octanol–water partition coefficient (Wildman–Crippen LogP) is 3.88. The van der Waals surface area contributed by atoms with E-state index in [0.717, 1.165) is 0 Å². The van der Waals surface area contributed by atoms with E-state index in [2.05, 4.69) is 15.9 Å². The van der Waals surface area contributed by atoms with Crippen LogP contribution in [0.25, 0.3) is 0 Å². The van der Waals surface area contributed by atoms with Gasteiger partial charge >= 0.3 is 0 Å². The number of ether oxygens (including phenoxy) is 2. The highest BCUT2D eigenvalue weighted by atomic mass is 79.9. The number of rotatable bonds is 5. The lowest BCUT2D eigenvalue weighted by atomic mass is 10.0. The van der Waals surface area contributed by atoms with E-state index in [1.165, 1.54) is 13.2 Å². The summed E-state index contributed by atoms with van der Waals surface area (Å²) in [6.07, 6.45) is -0.670. The second kappa shape index (κ2) is 6.91. The molecule has 112 valence electrons. The third-order valence-electron chi connectivity index (χ3n) is 3.23. The second-order valence-electron chi connectivity index (χ2n) is 4.54. The smallest absolute Gasteiger partial charge is 0.161 e. The maximum absolute atomic E-state index is 13.7. The Morgan fingerprint density at radius 1 is 1.14 bits per heavy atom. The van der Waals surface area contributed by atoms with Gasteiger partial charge in [-0.15, -0.1) is 0 Å². The number of benzene rings is 2. The minimum atomic E-state index is -0.851. The molecule has 2 rings (SSSR count). The zero-order valence-corrected chi connectivity index (χ0v) is 13.4. The van der Waals surface area contributed by atoms with Crippen molar-refractivity contribution in [2.75, 3.05) is 14.2 Å². The highest BCUT2D eigenvalue weighted by Gasteiger charge is 2.17. The minimum Gasteiger partial charge on any atom is -0.493 e. The fraction of sp³-hybridized carbons (Fsp3) is 0.250. The first-order valence-electron chi connectivity index (χ1n) is 6.39. The highest BCUT2D eigenvalue weighted by Crippen LogP contribution is 2.37. The van der Waals surface area contributed by atoms with Gasteiger partial charge in [-0.05, 0) is 29.3 Å². The van der Waals surface area contributed by atoms with E-state index in [-0.39, 0.29) is 12.2 Å². The van der Waals surface area contributed by atoms with Crippen LogP contribution in [0.1, 0.15) is 17.2 Å². The molecule has 0 fully saturated rings. The van der Waals surface area contributed by atoms with Gasteiger partial charge in [-0.25, -0.2) is 4.39 Å². The Morgan fingerprint density at radius 2 is 1.76 bits per heavy atom. The summed E-state index contributed by atoms with van der Waals surface area (Å²) < 4.78 is 24.8. The maximum Gasteiger partial charge on any atom is 0.161 e. The molecule has 0 aliphatic heterocycles. The first-order valence-corrected chi connectivity index (χ1v) is 7.19. The normalized spacial score (nSPS) is 12.0.